The third-order valence-corrected chi connectivity index (χ3v) is 4.67. The Morgan fingerprint density at radius 3 is 2.63 bits per heavy atom. The fraction of sp³-hybridized carbons (Fsp3) is 0.800. The van der Waals surface area contributed by atoms with Crippen molar-refractivity contribution in [3.63, 3.8) is 0 Å². The van der Waals surface area contributed by atoms with Gasteiger partial charge in [0, 0.05) is 11.8 Å². The van der Waals surface area contributed by atoms with Gasteiger partial charge in [0.2, 0.25) is 8.32 Å². The molecule has 1 rings (SSSR count). The van der Waals surface area contributed by atoms with Gasteiger partial charge in [-0.15, -0.1) is 0 Å². The maximum absolute atomic E-state index is 11.4. The number of carbonyl (C=O) groups is 1. The number of esters is 1. The van der Waals surface area contributed by atoms with E-state index in [2.05, 4.69) is 32.6 Å². The number of hydrogen-bond acceptors (Lipinski definition) is 3. The first-order chi connectivity index (χ1) is 8.83. The van der Waals surface area contributed by atoms with Crippen molar-refractivity contribution in [3.05, 3.63) is 11.8 Å². The summed E-state index contributed by atoms with van der Waals surface area (Å²) in [5.41, 5.74) is 0.0483. The molecule has 0 N–H and O–H groups in total. The normalized spacial score (nSPS) is 23.7. The standard InChI is InChI=1S/C15H28O3Si/c1-6-15(12-10-14(16)17-2)11-8-7-9-13(15)18-19(3,4)5/h9H,6-8,10-12H2,1-5H3/t15-/m0/s1. The maximum Gasteiger partial charge on any atom is 0.305 e. The van der Waals surface area contributed by atoms with Crippen LogP contribution in [0.1, 0.15) is 45.4 Å². The van der Waals surface area contributed by atoms with Crippen LogP contribution in [0.3, 0.4) is 0 Å². The van der Waals surface area contributed by atoms with Crippen molar-refractivity contribution in [2.75, 3.05) is 7.11 Å². The van der Waals surface area contributed by atoms with E-state index in [9.17, 15) is 4.79 Å². The van der Waals surface area contributed by atoms with Gasteiger partial charge in [0.25, 0.3) is 0 Å². The van der Waals surface area contributed by atoms with Crippen LogP contribution in [0.2, 0.25) is 19.6 Å². The number of ether oxygens (including phenoxy) is 1. The molecular weight excluding hydrogens is 256 g/mol. The molecule has 1 atom stereocenters. The van der Waals surface area contributed by atoms with Gasteiger partial charge < -0.3 is 9.16 Å². The number of rotatable bonds is 6. The molecule has 0 radical (unpaired) electrons. The zero-order valence-corrected chi connectivity index (χ0v) is 14.0. The van der Waals surface area contributed by atoms with E-state index in [0.717, 1.165) is 31.4 Å². The molecule has 19 heavy (non-hydrogen) atoms. The van der Waals surface area contributed by atoms with E-state index in [4.69, 9.17) is 9.16 Å². The Kier molecular flexibility index (Phi) is 5.65. The fourth-order valence-electron chi connectivity index (χ4n) is 2.71. The minimum absolute atomic E-state index is 0.0483. The Morgan fingerprint density at radius 1 is 1.42 bits per heavy atom. The molecule has 0 saturated heterocycles. The Morgan fingerprint density at radius 2 is 2.11 bits per heavy atom. The van der Waals surface area contributed by atoms with Crippen molar-refractivity contribution in [3.8, 4) is 0 Å². The number of allylic oxidation sites excluding steroid dienone is 2. The lowest BCUT2D eigenvalue weighted by molar-refractivity contribution is -0.141. The van der Waals surface area contributed by atoms with Gasteiger partial charge in [-0.2, -0.15) is 0 Å². The number of methoxy groups -OCH3 is 1. The zero-order valence-electron chi connectivity index (χ0n) is 13.0. The summed E-state index contributed by atoms with van der Waals surface area (Å²) in [7, 11) is -0.143. The molecule has 3 nitrogen and oxygen atoms in total. The first kappa shape index (κ1) is 16.3. The third kappa shape index (κ3) is 4.68. The monoisotopic (exact) mass is 284 g/mol. The maximum atomic E-state index is 11.4. The molecule has 0 aromatic rings. The molecule has 4 heteroatoms. The van der Waals surface area contributed by atoms with Gasteiger partial charge in [-0.3, -0.25) is 4.79 Å². The van der Waals surface area contributed by atoms with Crippen LogP contribution in [0.4, 0.5) is 0 Å². The van der Waals surface area contributed by atoms with Crippen LogP contribution in [-0.4, -0.2) is 21.4 Å². The van der Waals surface area contributed by atoms with Crippen LogP contribution in [-0.2, 0) is 14.0 Å². The first-order valence-corrected chi connectivity index (χ1v) is 10.7. The molecule has 0 fully saturated rings. The van der Waals surface area contributed by atoms with E-state index in [1.54, 1.807) is 0 Å². The van der Waals surface area contributed by atoms with Crippen molar-refractivity contribution in [2.45, 2.75) is 65.1 Å². The minimum Gasteiger partial charge on any atom is -0.547 e. The van der Waals surface area contributed by atoms with Crippen molar-refractivity contribution in [2.24, 2.45) is 5.41 Å². The third-order valence-electron chi connectivity index (χ3n) is 3.84. The Hall–Kier alpha value is -0.773. The average molecular weight is 284 g/mol. The smallest absolute Gasteiger partial charge is 0.305 e. The van der Waals surface area contributed by atoms with Crippen LogP contribution >= 0.6 is 0 Å². The lowest BCUT2D eigenvalue weighted by Crippen LogP contribution is -2.34. The van der Waals surface area contributed by atoms with Gasteiger partial charge in [0.15, 0.2) is 0 Å². The van der Waals surface area contributed by atoms with Gasteiger partial charge >= 0.3 is 5.97 Å². The van der Waals surface area contributed by atoms with Crippen molar-refractivity contribution in [1.29, 1.82) is 0 Å². The van der Waals surface area contributed by atoms with Gasteiger partial charge in [0.05, 0.1) is 12.9 Å². The summed E-state index contributed by atoms with van der Waals surface area (Å²) in [6.45, 7) is 8.83. The van der Waals surface area contributed by atoms with Gasteiger partial charge in [-0.1, -0.05) is 6.92 Å². The second kappa shape index (κ2) is 6.59. The highest BCUT2D eigenvalue weighted by atomic mass is 28.4. The van der Waals surface area contributed by atoms with E-state index < -0.39 is 8.32 Å². The lowest BCUT2D eigenvalue weighted by atomic mass is 9.72. The first-order valence-electron chi connectivity index (χ1n) is 7.29. The van der Waals surface area contributed by atoms with E-state index in [-0.39, 0.29) is 11.4 Å². The second-order valence-corrected chi connectivity index (χ2v) is 10.8. The molecule has 0 heterocycles. The van der Waals surface area contributed by atoms with E-state index >= 15 is 0 Å². The van der Waals surface area contributed by atoms with Gasteiger partial charge in [-0.05, 0) is 57.8 Å². The van der Waals surface area contributed by atoms with Crippen LogP contribution < -0.4 is 0 Å². The molecule has 0 unspecified atom stereocenters. The largest absolute Gasteiger partial charge is 0.547 e. The molecule has 1 aliphatic carbocycles. The van der Waals surface area contributed by atoms with Crippen molar-refractivity contribution in [1.82, 2.24) is 0 Å². The highest BCUT2D eigenvalue weighted by molar-refractivity contribution is 6.70. The van der Waals surface area contributed by atoms with Crippen LogP contribution in [0.5, 0.6) is 0 Å². The van der Waals surface area contributed by atoms with Crippen molar-refractivity contribution >= 4 is 14.3 Å². The molecule has 0 amide bonds. The van der Waals surface area contributed by atoms with Gasteiger partial charge in [-0.25, -0.2) is 0 Å². The highest BCUT2D eigenvalue weighted by Crippen LogP contribution is 2.45. The summed E-state index contributed by atoms with van der Waals surface area (Å²) in [4.78, 5) is 11.4. The molecule has 0 saturated carbocycles. The molecule has 0 spiro atoms. The Labute approximate surface area is 118 Å². The van der Waals surface area contributed by atoms with E-state index in [1.165, 1.54) is 13.5 Å². The summed E-state index contributed by atoms with van der Waals surface area (Å²) in [5, 5.41) is 0. The fourth-order valence-corrected chi connectivity index (χ4v) is 3.67. The van der Waals surface area contributed by atoms with E-state index in [0.29, 0.717) is 6.42 Å². The molecular formula is C15H28O3Si. The van der Waals surface area contributed by atoms with Crippen LogP contribution in [0.25, 0.3) is 0 Å². The Balaban J connectivity index is 2.84. The van der Waals surface area contributed by atoms with Crippen LogP contribution in [0.15, 0.2) is 11.8 Å². The topological polar surface area (TPSA) is 35.5 Å². The van der Waals surface area contributed by atoms with Crippen LogP contribution in [0, 0.1) is 5.41 Å². The summed E-state index contributed by atoms with van der Waals surface area (Å²) < 4.78 is 11.1. The lowest BCUT2D eigenvalue weighted by Gasteiger charge is -2.40. The predicted octanol–water partition coefficient (Wildman–Crippen LogP) is 4.26. The number of carbonyl (C=O) groups excluding carboxylic acids is 1. The molecule has 0 aromatic carbocycles. The predicted molar refractivity (Wildman–Crippen MR) is 80.3 cm³/mol. The zero-order chi connectivity index (χ0) is 14.5. The summed E-state index contributed by atoms with van der Waals surface area (Å²) in [6.07, 6.45) is 8.01. The van der Waals surface area contributed by atoms with E-state index in [1.807, 2.05) is 0 Å². The molecule has 0 aromatic heterocycles. The quantitative estimate of drug-likeness (QED) is 0.540. The molecule has 0 aliphatic heterocycles. The summed E-state index contributed by atoms with van der Waals surface area (Å²) >= 11 is 0. The van der Waals surface area contributed by atoms with Crippen molar-refractivity contribution < 1.29 is 14.0 Å². The molecule has 0 bridgehead atoms. The van der Waals surface area contributed by atoms with Gasteiger partial charge in [0.1, 0.15) is 0 Å². The Bertz CT molecular complexity index is 344. The minimum atomic E-state index is -1.60. The molecule has 1 aliphatic rings. The highest BCUT2D eigenvalue weighted by Gasteiger charge is 2.38. The SMILES string of the molecule is CC[C@@]1(CCC(=O)OC)CCCC=C1O[Si](C)(C)C. The summed E-state index contributed by atoms with van der Waals surface area (Å²) in [5.74, 6) is 1.02. The summed E-state index contributed by atoms with van der Waals surface area (Å²) in [6, 6.07) is 0. The second-order valence-electron chi connectivity index (χ2n) is 6.39. The number of hydrogen-bond donors (Lipinski definition) is 0. The molecule has 110 valence electrons. The average Bonchev–Trinajstić information content (AvgIpc) is 2.36.